The number of carbonyl (C=O) groups is 1. The van der Waals surface area contributed by atoms with Gasteiger partial charge in [-0.05, 0) is 6.42 Å². The molecular weight excluding hydrogens is 274 g/mol. The number of hydrogen-bond acceptors (Lipinski definition) is 6. The van der Waals surface area contributed by atoms with Crippen LogP contribution >= 0.6 is 0 Å². The van der Waals surface area contributed by atoms with Gasteiger partial charge in [-0.15, -0.1) is 0 Å². The average Bonchev–Trinajstić information content (AvgIpc) is 2.36. The van der Waals surface area contributed by atoms with Gasteiger partial charge in [0.2, 0.25) is 6.73 Å². The molecule has 0 amide bonds. The van der Waals surface area contributed by atoms with E-state index in [4.69, 9.17) is 4.74 Å². The molecule has 0 saturated heterocycles. The number of ether oxygens (including phenoxy) is 1. The van der Waals surface area contributed by atoms with Crippen LogP contribution in [0.25, 0.3) is 0 Å². The number of hydrogen-bond donors (Lipinski definition) is 0. The van der Waals surface area contributed by atoms with Gasteiger partial charge in [0, 0.05) is 6.08 Å². The second kappa shape index (κ2) is 9.90. The minimum atomic E-state index is -3.66. The predicted molar refractivity (Wildman–Crippen MR) is 71.4 cm³/mol. The molecule has 0 aliphatic rings. The topological polar surface area (TPSA) is 78.9 Å². The van der Waals surface area contributed by atoms with Gasteiger partial charge < -0.3 is 4.74 Å². The fourth-order valence-corrected chi connectivity index (χ4v) is 1.17. The Hall–Kier alpha value is -0.960. The van der Waals surface area contributed by atoms with E-state index < -0.39 is 10.4 Å². The Kier molecular flexibility index (Phi) is 10.6. The van der Waals surface area contributed by atoms with E-state index in [2.05, 4.69) is 21.9 Å². The molecule has 7 nitrogen and oxygen atoms in total. The van der Waals surface area contributed by atoms with Gasteiger partial charge in [-0.2, -0.15) is 8.42 Å². The summed E-state index contributed by atoms with van der Waals surface area (Å²) < 4.78 is 33.1. The lowest BCUT2D eigenvalue weighted by atomic mass is 10.4. The van der Waals surface area contributed by atoms with Crippen LogP contribution in [0.5, 0.6) is 0 Å². The maximum Gasteiger partial charge on any atom is 0.399 e. The number of rotatable bonds is 7. The second-order valence-electron chi connectivity index (χ2n) is 4.20. The summed E-state index contributed by atoms with van der Waals surface area (Å²) in [6.07, 6.45) is 2.27. The molecule has 19 heavy (non-hydrogen) atoms. The molecule has 0 aromatic heterocycles. The van der Waals surface area contributed by atoms with E-state index in [1.54, 1.807) is 0 Å². The van der Waals surface area contributed by atoms with Crippen LogP contribution in [0.1, 0.15) is 13.3 Å². The Balaban J connectivity index is 0. The summed E-state index contributed by atoms with van der Waals surface area (Å²) >= 11 is 0. The standard InChI is InChI=1S/C9H18NO2.C2H6O4S/c1-5-7-10(3,4)8-12-9(11)6-2;1-5-7(3,4)6-2/h6H,2,5,7-8H2,1,3-4H3;1-2H3/q+1;. The fraction of sp³-hybridized carbons (Fsp3) is 0.727. The molecule has 8 heteroatoms. The van der Waals surface area contributed by atoms with Crippen molar-refractivity contribution in [2.24, 2.45) is 0 Å². The van der Waals surface area contributed by atoms with Gasteiger partial charge in [0.15, 0.2) is 0 Å². The fourth-order valence-electron chi connectivity index (χ4n) is 1.04. The molecule has 0 bridgehead atoms. The Bertz CT molecular complexity index is 353. The van der Waals surface area contributed by atoms with Crippen molar-refractivity contribution >= 4 is 16.4 Å². The molecule has 0 spiro atoms. The number of carbonyl (C=O) groups excluding carboxylic acids is 1. The first-order valence-electron chi connectivity index (χ1n) is 5.61. The van der Waals surface area contributed by atoms with Crippen LogP contribution in [0.4, 0.5) is 0 Å². The molecule has 0 aromatic rings. The van der Waals surface area contributed by atoms with Crippen LogP contribution in [0.2, 0.25) is 0 Å². The minimum Gasteiger partial charge on any atom is -0.412 e. The zero-order valence-corrected chi connectivity index (χ0v) is 13.0. The predicted octanol–water partition coefficient (Wildman–Crippen LogP) is 0.683. The summed E-state index contributed by atoms with van der Waals surface area (Å²) in [5.41, 5.74) is 0. The van der Waals surface area contributed by atoms with Crippen LogP contribution < -0.4 is 0 Å². The summed E-state index contributed by atoms with van der Waals surface area (Å²) in [6.45, 7) is 6.85. The van der Waals surface area contributed by atoms with Crippen molar-refractivity contribution in [3.05, 3.63) is 12.7 Å². The van der Waals surface area contributed by atoms with Crippen molar-refractivity contribution in [2.45, 2.75) is 13.3 Å². The third-order valence-corrected chi connectivity index (χ3v) is 2.78. The molecule has 0 unspecified atom stereocenters. The molecule has 0 saturated carbocycles. The summed E-state index contributed by atoms with van der Waals surface area (Å²) in [4.78, 5) is 10.7. The second-order valence-corrected chi connectivity index (χ2v) is 5.68. The molecule has 0 aromatic carbocycles. The van der Waals surface area contributed by atoms with Crippen molar-refractivity contribution in [1.82, 2.24) is 0 Å². The zero-order valence-electron chi connectivity index (χ0n) is 12.2. The van der Waals surface area contributed by atoms with Gasteiger partial charge in [0.1, 0.15) is 0 Å². The SMILES string of the molecule is C=CC(=O)OC[N+](C)(C)CCC.COS(=O)(=O)OC. The summed E-state index contributed by atoms with van der Waals surface area (Å²) in [6, 6.07) is 0. The Morgan fingerprint density at radius 3 is 2.00 bits per heavy atom. The molecule has 0 fully saturated rings. The van der Waals surface area contributed by atoms with E-state index in [-0.39, 0.29) is 5.97 Å². The molecular formula is C11H24NO6S+. The molecule has 0 N–H and O–H groups in total. The normalized spacial score (nSPS) is 11.2. The third-order valence-electron chi connectivity index (χ3n) is 1.96. The highest BCUT2D eigenvalue weighted by molar-refractivity contribution is 7.81. The summed E-state index contributed by atoms with van der Waals surface area (Å²) in [5.74, 6) is -0.350. The van der Waals surface area contributed by atoms with Crippen molar-refractivity contribution in [1.29, 1.82) is 0 Å². The smallest absolute Gasteiger partial charge is 0.399 e. The van der Waals surface area contributed by atoms with Crippen LogP contribution in [-0.4, -0.2) is 60.5 Å². The summed E-state index contributed by atoms with van der Waals surface area (Å²) in [5, 5.41) is 0. The van der Waals surface area contributed by atoms with Gasteiger partial charge in [0.05, 0.1) is 34.9 Å². The van der Waals surface area contributed by atoms with Gasteiger partial charge in [0.25, 0.3) is 0 Å². The van der Waals surface area contributed by atoms with Gasteiger partial charge in [-0.1, -0.05) is 13.5 Å². The monoisotopic (exact) mass is 298 g/mol. The Morgan fingerprint density at radius 2 is 1.74 bits per heavy atom. The minimum absolute atomic E-state index is 0.350. The van der Waals surface area contributed by atoms with Crippen molar-refractivity contribution in [2.75, 3.05) is 41.6 Å². The number of quaternary nitrogens is 1. The molecule has 0 atom stereocenters. The molecule has 0 radical (unpaired) electrons. The van der Waals surface area contributed by atoms with Crippen molar-refractivity contribution < 1.29 is 30.8 Å². The first kappa shape index (κ1) is 20.4. The molecule has 0 rings (SSSR count). The highest BCUT2D eigenvalue weighted by Crippen LogP contribution is 1.99. The molecule has 0 aliphatic heterocycles. The van der Waals surface area contributed by atoms with Crippen LogP contribution in [-0.2, 0) is 28.3 Å². The van der Waals surface area contributed by atoms with Crippen molar-refractivity contribution in [3.63, 3.8) is 0 Å². The first-order chi connectivity index (χ1) is 8.64. The quantitative estimate of drug-likeness (QED) is 0.298. The molecule has 0 aliphatic carbocycles. The first-order valence-corrected chi connectivity index (χ1v) is 6.94. The lowest BCUT2D eigenvalue weighted by Gasteiger charge is -2.27. The van der Waals surface area contributed by atoms with Crippen LogP contribution in [0.15, 0.2) is 12.7 Å². The number of nitrogens with zero attached hydrogens (tertiary/aromatic N) is 1. The van der Waals surface area contributed by atoms with E-state index in [1.807, 2.05) is 14.1 Å². The van der Waals surface area contributed by atoms with Gasteiger partial charge in [-0.25, -0.2) is 4.79 Å². The van der Waals surface area contributed by atoms with E-state index >= 15 is 0 Å². The molecule has 0 heterocycles. The maximum absolute atomic E-state index is 10.7. The van der Waals surface area contributed by atoms with E-state index in [1.165, 1.54) is 6.08 Å². The van der Waals surface area contributed by atoms with Gasteiger partial charge >= 0.3 is 16.4 Å². The van der Waals surface area contributed by atoms with Crippen molar-refractivity contribution in [3.8, 4) is 0 Å². The molecule has 114 valence electrons. The largest absolute Gasteiger partial charge is 0.412 e. The highest BCUT2D eigenvalue weighted by Gasteiger charge is 2.14. The van der Waals surface area contributed by atoms with Crippen LogP contribution in [0.3, 0.4) is 0 Å². The zero-order chi connectivity index (χ0) is 15.5. The average molecular weight is 298 g/mol. The lowest BCUT2D eigenvalue weighted by molar-refractivity contribution is -0.907. The van der Waals surface area contributed by atoms with E-state index in [0.29, 0.717) is 11.2 Å². The van der Waals surface area contributed by atoms with E-state index in [0.717, 1.165) is 27.2 Å². The number of esters is 1. The Morgan fingerprint density at radius 1 is 1.26 bits per heavy atom. The third kappa shape index (κ3) is 13.3. The highest BCUT2D eigenvalue weighted by atomic mass is 32.3. The lowest BCUT2D eigenvalue weighted by Crippen LogP contribution is -2.42. The summed E-state index contributed by atoms with van der Waals surface area (Å²) in [7, 11) is 2.45. The van der Waals surface area contributed by atoms with Gasteiger partial charge in [-0.3, -0.25) is 12.8 Å². The maximum atomic E-state index is 10.7. The Labute approximate surface area is 115 Å². The van der Waals surface area contributed by atoms with Crippen LogP contribution in [0, 0.1) is 0 Å². The van der Waals surface area contributed by atoms with E-state index in [9.17, 15) is 13.2 Å².